The fourth-order valence-electron chi connectivity index (χ4n) is 8.50. The van der Waals surface area contributed by atoms with Gasteiger partial charge in [-0.3, -0.25) is 14.4 Å². The minimum absolute atomic E-state index is 0.00923. The summed E-state index contributed by atoms with van der Waals surface area (Å²) in [6.45, 7) is 10.9. The van der Waals surface area contributed by atoms with Crippen LogP contribution < -0.4 is 0 Å². The van der Waals surface area contributed by atoms with Gasteiger partial charge in [-0.2, -0.15) is 0 Å². The number of hydrogen-bond acceptors (Lipinski definition) is 8. The van der Waals surface area contributed by atoms with Gasteiger partial charge in [-0.25, -0.2) is 4.79 Å². The van der Waals surface area contributed by atoms with Gasteiger partial charge in [-0.15, -0.1) is 0 Å². The van der Waals surface area contributed by atoms with Crippen LogP contribution in [0.1, 0.15) is 59.8 Å². The molecule has 0 aromatic carbocycles. The van der Waals surface area contributed by atoms with Gasteiger partial charge in [0.05, 0.1) is 11.7 Å². The average Bonchev–Trinajstić information content (AvgIpc) is 3.47. The standard InChI is InChI=1S/C30H36O8/c1-14-8-23-20(17(4)26(33)36-23)10-19-12-28(22(18(5)32)13-29(14,19)35)21-11-25-30(38-25,7-6-16(3)31)15(2)9-24(21)37-27(28)34/h6-7,13-15,19-21,23-25,35H,4,8-12H2,1-3,5H3/b7-6+/t14-,15-,19-,20+,21-,23+,24+,25+,28-,29-,30-/m0/s1. The molecule has 6 aliphatic rings. The first kappa shape index (κ1) is 25.7. The Bertz CT molecular complexity index is 1210. The Balaban J connectivity index is 1.42. The molecule has 5 fully saturated rings. The number of fused-ring (bicyclic) bond motifs is 5. The van der Waals surface area contributed by atoms with Gasteiger partial charge < -0.3 is 19.3 Å². The molecule has 2 saturated carbocycles. The van der Waals surface area contributed by atoms with Gasteiger partial charge >= 0.3 is 11.9 Å². The Kier molecular flexibility index (Phi) is 5.55. The molecule has 0 aromatic heterocycles. The monoisotopic (exact) mass is 524 g/mol. The van der Waals surface area contributed by atoms with E-state index in [1.165, 1.54) is 13.8 Å². The summed E-state index contributed by atoms with van der Waals surface area (Å²) in [5, 5.41) is 12.1. The van der Waals surface area contributed by atoms with Crippen LogP contribution in [0, 0.1) is 35.0 Å². The number of hydrogen-bond donors (Lipinski definition) is 1. The first-order valence-corrected chi connectivity index (χ1v) is 13.8. The molecule has 3 saturated heterocycles. The number of esters is 2. The molecule has 0 aromatic rings. The normalized spacial score (nSPS) is 49.2. The van der Waals surface area contributed by atoms with Crippen LogP contribution in [-0.4, -0.2) is 58.1 Å². The van der Waals surface area contributed by atoms with Crippen molar-refractivity contribution in [1.82, 2.24) is 0 Å². The Labute approximate surface area is 222 Å². The van der Waals surface area contributed by atoms with Gasteiger partial charge in [-0.1, -0.05) is 20.4 Å². The Morgan fingerprint density at radius 1 is 1.05 bits per heavy atom. The quantitative estimate of drug-likeness (QED) is 0.340. The van der Waals surface area contributed by atoms with Crippen molar-refractivity contribution in [2.24, 2.45) is 35.0 Å². The second kappa shape index (κ2) is 8.21. The minimum atomic E-state index is -1.33. The van der Waals surface area contributed by atoms with Gasteiger partial charge in [0.25, 0.3) is 0 Å². The first-order valence-electron chi connectivity index (χ1n) is 13.8. The van der Waals surface area contributed by atoms with E-state index in [-0.39, 0.29) is 53.9 Å². The maximum Gasteiger partial charge on any atom is 0.334 e. The molecular weight excluding hydrogens is 488 g/mol. The number of ketones is 2. The maximum absolute atomic E-state index is 13.9. The molecule has 3 heterocycles. The van der Waals surface area contributed by atoms with Crippen LogP contribution in [-0.2, 0) is 33.4 Å². The molecule has 6 rings (SSSR count). The van der Waals surface area contributed by atoms with Gasteiger partial charge in [0, 0.05) is 23.0 Å². The van der Waals surface area contributed by atoms with E-state index in [9.17, 15) is 24.3 Å². The third-order valence-electron chi connectivity index (χ3n) is 10.7. The number of aliphatic hydroxyl groups is 1. The van der Waals surface area contributed by atoms with Crippen LogP contribution in [0.2, 0.25) is 0 Å². The van der Waals surface area contributed by atoms with Crippen molar-refractivity contribution in [1.29, 1.82) is 0 Å². The third-order valence-corrected chi connectivity index (χ3v) is 10.7. The minimum Gasteiger partial charge on any atom is -0.461 e. The lowest BCUT2D eigenvalue weighted by Gasteiger charge is -2.48. The van der Waals surface area contributed by atoms with Crippen molar-refractivity contribution in [3.63, 3.8) is 0 Å². The molecule has 1 spiro atoms. The van der Waals surface area contributed by atoms with Crippen LogP contribution >= 0.6 is 0 Å². The largest absolute Gasteiger partial charge is 0.461 e. The zero-order valence-corrected chi connectivity index (χ0v) is 22.4. The zero-order chi connectivity index (χ0) is 27.4. The summed E-state index contributed by atoms with van der Waals surface area (Å²) >= 11 is 0. The lowest BCUT2D eigenvalue weighted by atomic mass is 9.54. The molecule has 0 radical (unpaired) electrons. The van der Waals surface area contributed by atoms with Gasteiger partial charge in [0.2, 0.25) is 0 Å². The van der Waals surface area contributed by atoms with Crippen molar-refractivity contribution in [2.75, 3.05) is 0 Å². The summed E-state index contributed by atoms with van der Waals surface area (Å²) < 4.78 is 17.9. The Morgan fingerprint density at radius 3 is 2.45 bits per heavy atom. The van der Waals surface area contributed by atoms with Crippen molar-refractivity contribution in [3.05, 3.63) is 36.0 Å². The van der Waals surface area contributed by atoms with Crippen LogP contribution in [0.15, 0.2) is 36.0 Å². The highest BCUT2D eigenvalue weighted by molar-refractivity contribution is 6.03. The van der Waals surface area contributed by atoms with Crippen LogP contribution in [0.4, 0.5) is 0 Å². The van der Waals surface area contributed by atoms with E-state index in [4.69, 9.17) is 14.2 Å². The molecule has 8 nitrogen and oxygen atoms in total. The number of allylic oxidation sites excluding steroid dienone is 1. The highest BCUT2D eigenvalue weighted by atomic mass is 16.6. The number of carbonyl (C=O) groups excluding carboxylic acids is 4. The molecular formula is C30H36O8. The molecule has 0 amide bonds. The SMILES string of the molecule is C=C1C(=O)O[C@@H]2C[C@H](C)[C@@]3(O)C=C(C(C)=O)[C@@]4(C[C@@H]3C[C@H]12)C(=O)O[C@@H]1C[C@H](C)[C@]2(/C=C/C(C)=O)O[C@@H]2C[C@@H]14. The number of Topliss-reactive ketones (excluding diaryl/α,β-unsaturated/α-hetero) is 1. The van der Waals surface area contributed by atoms with Crippen LogP contribution in [0.25, 0.3) is 0 Å². The highest BCUT2D eigenvalue weighted by Crippen LogP contribution is 2.64. The van der Waals surface area contributed by atoms with Crippen molar-refractivity contribution in [3.8, 4) is 0 Å². The Hall–Kier alpha value is -2.58. The van der Waals surface area contributed by atoms with E-state index >= 15 is 0 Å². The van der Waals surface area contributed by atoms with Crippen LogP contribution in [0.3, 0.4) is 0 Å². The first-order chi connectivity index (χ1) is 17.8. The number of rotatable bonds is 3. The fraction of sp³-hybridized carbons (Fsp3) is 0.667. The maximum atomic E-state index is 13.9. The fourth-order valence-corrected chi connectivity index (χ4v) is 8.50. The van der Waals surface area contributed by atoms with E-state index in [0.717, 1.165) is 0 Å². The zero-order valence-electron chi connectivity index (χ0n) is 22.4. The molecule has 8 heteroatoms. The number of carbonyl (C=O) groups is 4. The van der Waals surface area contributed by atoms with E-state index in [1.807, 2.05) is 19.9 Å². The van der Waals surface area contributed by atoms with E-state index in [2.05, 4.69) is 6.58 Å². The third kappa shape index (κ3) is 3.35. The van der Waals surface area contributed by atoms with E-state index < -0.39 is 40.6 Å². The van der Waals surface area contributed by atoms with Crippen molar-refractivity contribution in [2.45, 2.75) is 89.3 Å². The van der Waals surface area contributed by atoms with Crippen molar-refractivity contribution >= 4 is 23.5 Å². The second-order valence-electron chi connectivity index (χ2n) is 12.6. The van der Waals surface area contributed by atoms with Gasteiger partial charge in [0.15, 0.2) is 11.6 Å². The van der Waals surface area contributed by atoms with Crippen molar-refractivity contribution < 1.29 is 38.5 Å². The summed E-state index contributed by atoms with van der Waals surface area (Å²) in [5.74, 6) is -2.36. The smallest absolute Gasteiger partial charge is 0.334 e. The highest BCUT2D eigenvalue weighted by Gasteiger charge is 2.71. The molecule has 0 unspecified atom stereocenters. The number of epoxide rings is 1. The summed E-state index contributed by atoms with van der Waals surface area (Å²) in [6.07, 6.45) is 6.27. The molecule has 3 aliphatic carbocycles. The molecule has 3 aliphatic heterocycles. The second-order valence-corrected chi connectivity index (χ2v) is 12.6. The van der Waals surface area contributed by atoms with Gasteiger partial charge in [0.1, 0.15) is 23.2 Å². The van der Waals surface area contributed by atoms with E-state index in [0.29, 0.717) is 36.8 Å². The Morgan fingerprint density at radius 2 is 1.76 bits per heavy atom. The predicted octanol–water partition coefficient (Wildman–Crippen LogP) is 3.02. The molecule has 38 heavy (non-hydrogen) atoms. The molecule has 11 atom stereocenters. The lowest BCUT2D eigenvalue weighted by molar-refractivity contribution is -0.152. The summed E-state index contributed by atoms with van der Waals surface area (Å²) in [4.78, 5) is 51.0. The van der Waals surface area contributed by atoms with Crippen LogP contribution in [0.5, 0.6) is 0 Å². The predicted molar refractivity (Wildman–Crippen MR) is 134 cm³/mol. The lowest BCUT2D eigenvalue weighted by Crippen LogP contribution is -2.53. The molecule has 0 bridgehead atoms. The summed E-state index contributed by atoms with van der Waals surface area (Å²) in [5.41, 5.74) is -2.38. The van der Waals surface area contributed by atoms with E-state index in [1.54, 1.807) is 12.2 Å². The average molecular weight is 525 g/mol. The molecule has 204 valence electrons. The molecule has 1 N–H and O–H groups in total. The summed E-state index contributed by atoms with van der Waals surface area (Å²) in [6, 6.07) is 0. The summed E-state index contributed by atoms with van der Waals surface area (Å²) in [7, 11) is 0. The topological polar surface area (TPSA) is 120 Å². The van der Waals surface area contributed by atoms with Gasteiger partial charge in [-0.05, 0) is 81.9 Å². The number of ether oxygens (including phenoxy) is 3.